The van der Waals surface area contributed by atoms with Crippen LogP contribution in [-0.4, -0.2) is 75.1 Å². The number of amides is 2. The van der Waals surface area contributed by atoms with Gasteiger partial charge < -0.3 is 23.8 Å². The normalized spacial score (nSPS) is 13.9. The summed E-state index contributed by atoms with van der Waals surface area (Å²) in [7, 11) is 0. The second-order valence-electron chi connectivity index (χ2n) is 8.54. The molecule has 2 amide bonds. The molecule has 9 nitrogen and oxygen atoms in total. The van der Waals surface area contributed by atoms with Gasteiger partial charge in [0.15, 0.2) is 11.0 Å². The fourth-order valence-corrected chi connectivity index (χ4v) is 4.49. The molecule has 2 heterocycles. The number of thioether (sulfide) groups is 1. The number of aromatic nitrogens is 3. The zero-order chi connectivity index (χ0) is 24.5. The number of rotatable bonds is 10. The van der Waals surface area contributed by atoms with Crippen LogP contribution in [0.25, 0.3) is 0 Å². The molecule has 0 N–H and O–H groups in total. The van der Waals surface area contributed by atoms with Gasteiger partial charge in [-0.25, -0.2) is 4.79 Å². The van der Waals surface area contributed by atoms with Gasteiger partial charge in [-0.15, -0.1) is 10.2 Å². The van der Waals surface area contributed by atoms with Crippen molar-refractivity contribution in [2.45, 2.75) is 52.4 Å². The summed E-state index contributed by atoms with van der Waals surface area (Å²) in [4.78, 5) is 28.0. The smallest absolute Gasteiger partial charge is 0.409 e. The van der Waals surface area contributed by atoms with Crippen molar-refractivity contribution in [2.24, 2.45) is 5.92 Å². The zero-order valence-corrected chi connectivity index (χ0v) is 21.3. The molecule has 0 atom stereocenters. The van der Waals surface area contributed by atoms with Crippen LogP contribution < -0.4 is 4.74 Å². The summed E-state index contributed by atoms with van der Waals surface area (Å²) in [6, 6.07) is 8.07. The van der Waals surface area contributed by atoms with E-state index in [2.05, 4.69) is 43.1 Å². The lowest BCUT2D eigenvalue weighted by atomic mass is 10.2. The standard InChI is InChI=1S/C24H35N5O4S/c1-5-19-7-9-20(10-8-19)33-16-21-25-26-23(29(21)15-18(3)4)34-17-22(30)27-11-13-28(14-12-27)24(31)32-6-2/h7-10,18H,5-6,11-17H2,1-4H3. The molecule has 0 unspecified atom stereocenters. The first-order valence-electron chi connectivity index (χ1n) is 11.9. The first-order valence-corrected chi connectivity index (χ1v) is 12.9. The minimum atomic E-state index is -0.318. The molecule has 3 rings (SSSR count). The summed E-state index contributed by atoms with van der Waals surface area (Å²) < 4.78 is 13.0. The van der Waals surface area contributed by atoms with Crippen molar-refractivity contribution < 1.29 is 19.1 Å². The number of aryl methyl sites for hydroxylation is 1. The molecule has 34 heavy (non-hydrogen) atoms. The van der Waals surface area contributed by atoms with E-state index < -0.39 is 0 Å². The molecular formula is C24H35N5O4S. The highest BCUT2D eigenvalue weighted by Gasteiger charge is 2.25. The lowest BCUT2D eigenvalue weighted by Crippen LogP contribution is -2.51. The molecule has 0 aliphatic carbocycles. The van der Waals surface area contributed by atoms with E-state index in [0.29, 0.717) is 50.5 Å². The molecule has 0 radical (unpaired) electrons. The molecule has 1 saturated heterocycles. The van der Waals surface area contributed by atoms with Gasteiger partial charge in [0.25, 0.3) is 0 Å². The van der Waals surface area contributed by atoms with Gasteiger partial charge in [-0.05, 0) is 37.0 Å². The van der Waals surface area contributed by atoms with Gasteiger partial charge in [0.2, 0.25) is 5.91 Å². The van der Waals surface area contributed by atoms with Crippen LogP contribution in [0.3, 0.4) is 0 Å². The molecule has 1 aromatic heterocycles. The maximum absolute atomic E-state index is 12.8. The predicted molar refractivity (Wildman–Crippen MR) is 131 cm³/mol. The summed E-state index contributed by atoms with van der Waals surface area (Å²) in [6.07, 6.45) is 0.672. The third kappa shape index (κ3) is 7.12. The molecular weight excluding hydrogens is 454 g/mol. The topological polar surface area (TPSA) is 89.8 Å². The summed E-state index contributed by atoms with van der Waals surface area (Å²) >= 11 is 1.39. The largest absolute Gasteiger partial charge is 0.486 e. The second kappa shape index (κ2) is 12.6. The molecule has 0 saturated carbocycles. The number of carbonyl (C=O) groups excluding carboxylic acids is 2. The Morgan fingerprint density at radius 2 is 1.71 bits per heavy atom. The van der Waals surface area contributed by atoms with Crippen LogP contribution in [0.1, 0.15) is 39.1 Å². The molecule has 186 valence electrons. The van der Waals surface area contributed by atoms with E-state index in [9.17, 15) is 9.59 Å². The fourth-order valence-electron chi connectivity index (χ4n) is 3.62. The second-order valence-corrected chi connectivity index (χ2v) is 9.49. The average Bonchev–Trinajstić information content (AvgIpc) is 3.22. The molecule has 0 bridgehead atoms. The van der Waals surface area contributed by atoms with Crippen LogP contribution in [0.5, 0.6) is 5.75 Å². The van der Waals surface area contributed by atoms with Crippen molar-refractivity contribution in [3.63, 3.8) is 0 Å². The first-order chi connectivity index (χ1) is 16.4. The molecule has 10 heteroatoms. The van der Waals surface area contributed by atoms with Crippen LogP contribution >= 0.6 is 11.8 Å². The highest BCUT2D eigenvalue weighted by molar-refractivity contribution is 7.99. The van der Waals surface area contributed by atoms with Crippen molar-refractivity contribution in [1.29, 1.82) is 0 Å². The lowest BCUT2D eigenvalue weighted by Gasteiger charge is -2.34. The number of hydrogen-bond donors (Lipinski definition) is 0. The highest BCUT2D eigenvalue weighted by Crippen LogP contribution is 2.21. The predicted octanol–water partition coefficient (Wildman–Crippen LogP) is 3.47. The Balaban J connectivity index is 1.56. The Morgan fingerprint density at radius 1 is 1.03 bits per heavy atom. The van der Waals surface area contributed by atoms with Crippen molar-refractivity contribution in [3.8, 4) is 5.75 Å². The lowest BCUT2D eigenvalue weighted by molar-refractivity contribution is -0.129. The van der Waals surface area contributed by atoms with Crippen LogP contribution in [0.2, 0.25) is 0 Å². The van der Waals surface area contributed by atoms with Crippen molar-refractivity contribution >= 4 is 23.8 Å². The third-order valence-corrected chi connectivity index (χ3v) is 6.48. The van der Waals surface area contributed by atoms with Crippen LogP contribution in [-0.2, 0) is 29.1 Å². The number of carbonyl (C=O) groups is 2. The van der Waals surface area contributed by atoms with Gasteiger partial charge >= 0.3 is 6.09 Å². The number of benzene rings is 1. The summed E-state index contributed by atoms with van der Waals surface area (Å²) in [5.41, 5.74) is 1.26. The van der Waals surface area contributed by atoms with Gasteiger partial charge in [-0.1, -0.05) is 44.7 Å². The quantitative estimate of drug-likeness (QED) is 0.472. The minimum Gasteiger partial charge on any atom is -0.486 e. The van der Waals surface area contributed by atoms with Crippen molar-refractivity contribution in [3.05, 3.63) is 35.7 Å². The molecule has 2 aromatic rings. The summed E-state index contributed by atoms with van der Waals surface area (Å²) in [5.74, 6) is 2.23. The van der Waals surface area contributed by atoms with Gasteiger partial charge in [0.05, 0.1) is 12.4 Å². The van der Waals surface area contributed by atoms with E-state index in [1.165, 1.54) is 17.3 Å². The number of nitrogens with zero attached hydrogens (tertiary/aromatic N) is 5. The Bertz CT molecular complexity index is 939. The average molecular weight is 490 g/mol. The van der Waals surface area contributed by atoms with Crippen molar-refractivity contribution in [2.75, 3.05) is 38.5 Å². The van der Waals surface area contributed by atoms with Crippen LogP contribution in [0.15, 0.2) is 29.4 Å². The molecule has 1 fully saturated rings. The SMILES string of the molecule is CCOC(=O)N1CCN(C(=O)CSc2nnc(COc3ccc(CC)cc3)n2CC(C)C)CC1. The number of piperazine rings is 1. The zero-order valence-electron chi connectivity index (χ0n) is 20.5. The minimum absolute atomic E-state index is 0.0291. The maximum atomic E-state index is 12.8. The Labute approximate surface area is 205 Å². The Hall–Kier alpha value is -2.75. The van der Waals surface area contributed by atoms with Crippen LogP contribution in [0, 0.1) is 5.92 Å². The Morgan fingerprint density at radius 3 is 2.32 bits per heavy atom. The highest BCUT2D eigenvalue weighted by atomic mass is 32.2. The first kappa shape index (κ1) is 25.9. The summed E-state index contributed by atoms with van der Waals surface area (Å²) in [5, 5.41) is 9.39. The van der Waals surface area contributed by atoms with Crippen LogP contribution in [0.4, 0.5) is 4.79 Å². The van der Waals surface area contributed by atoms with E-state index in [1.807, 2.05) is 16.7 Å². The van der Waals surface area contributed by atoms with Gasteiger partial charge in [0, 0.05) is 32.7 Å². The van der Waals surface area contributed by atoms with E-state index in [-0.39, 0.29) is 17.8 Å². The molecule has 1 aromatic carbocycles. The monoisotopic (exact) mass is 489 g/mol. The Kier molecular flexibility index (Phi) is 9.62. The van der Waals surface area contributed by atoms with Gasteiger partial charge in [-0.3, -0.25) is 4.79 Å². The maximum Gasteiger partial charge on any atom is 0.409 e. The van der Waals surface area contributed by atoms with Gasteiger partial charge in [-0.2, -0.15) is 0 Å². The molecule has 1 aliphatic rings. The van der Waals surface area contributed by atoms with Gasteiger partial charge in [0.1, 0.15) is 12.4 Å². The van der Waals surface area contributed by atoms with E-state index in [0.717, 1.165) is 24.5 Å². The van der Waals surface area contributed by atoms with E-state index in [1.54, 1.807) is 16.7 Å². The van der Waals surface area contributed by atoms with E-state index >= 15 is 0 Å². The van der Waals surface area contributed by atoms with Crippen molar-refractivity contribution in [1.82, 2.24) is 24.6 Å². The number of ether oxygens (including phenoxy) is 2. The number of hydrogen-bond acceptors (Lipinski definition) is 7. The fraction of sp³-hybridized carbons (Fsp3) is 0.583. The molecule has 1 aliphatic heterocycles. The third-order valence-electron chi connectivity index (χ3n) is 5.52. The summed E-state index contributed by atoms with van der Waals surface area (Å²) in [6.45, 7) is 11.6. The van der Waals surface area contributed by atoms with E-state index in [4.69, 9.17) is 9.47 Å². The molecule has 0 spiro atoms.